The van der Waals surface area contributed by atoms with Crippen molar-refractivity contribution in [1.82, 2.24) is 5.43 Å². The number of methoxy groups -OCH3 is 3. The molecule has 7 nitrogen and oxygen atoms in total. The molecule has 1 unspecified atom stereocenters. The molecule has 3 aromatic carbocycles. The van der Waals surface area contributed by atoms with Gasteiger partial charge in [-0.05, 0) is 73.9 Å². The maximum Gasteiger partial charge on any atom is 0.271 e. The molecular weight excluding hydrogens is 466 g/mol. The van der Waals surface area contributed by atoms with Crippen LogP contribution in [0.15, 0.2) is 83.6 Å². The summed E-state index contributed by atoms with van der Waals surface area (Å²) < 4.78 is 16.7. The van der Waals surface area contributed by atoms with Gasteiger partial charge in [0, 0.05) is 41.2 Å². The van der Waals surface area contributed by atoms with E-state index >= 15 is 0 Å². The van der Waals surface area contributed by atoms with E-state index in [9.17, 15) is 4.79 Å². The average Bonchev–Trinajstić information content (AvgIpc) is 3.17. The van der Waals surface area contributed by atoms with Crippen molar-refractivity contribution in [2.24, 2.45) is 5.10 Å². The van der Waals surface area contributed by atoms with Crippen LogP contribution in [-0.2, 0) is 11.8 Å². The lowest BCUT2D eigenvalue weighted by Gasteiger charge is -2.30. The van der Waals surface area contributed by atoms with Crippen molar-refractivity contribution in [2.75, 3.05) is 32.8 Å². The zero-order valence-electron chi connectivity index (χ0n) is 21.9. The second-order valence-corrected chi connectivity index (χ2v) is 8.95. The number of hydrazone groups is 1. The molecule has 0 aromatic heterocycles. The molecule has 1 N–H and O–H groups in total. The molecular formula is C30H33N3O4. The molecule has 1 aliphatic rings. The largest absolute Gasteiger partial charge is 0.497 e. The zero-order chi connectivity index (χ0) is 26.4. The molecule has 0 aliphatic carbocycles. The topological polar surface area (TPSA) is 72.4 Å². The van der Waals surface area contributed by atoms with Crippen LogP contribution in [0, 0.1) is 0 Å². The van der Waals surface area contributed by atoms with Crippen LogP contribution in [0.25, 0.3) is 0 Å². The third kappa shape index (κ3) is 5.16. The standard InChI is InChI=1S/C30H33N3O4/c1-6-33-26-15-14-23(35-3)18-25(26)30(2,20-22-12-13-24(36-4)19-27(22)37-5)28(33)16-17-31-32-29(34)21-10-8-7-9-11-21/h7-19H,6,20H2,1-5H3,(H,32,34)/b28-16-,31-17+. The molecule has 4 rings (SSSR count). The number of nitrogens with zero attached hydrogens (tertiary/aromatic N) is 2. The Bertz CT molecular complexity index is 1320. The van der Waals surface area contributed by atoms with Gasteiger partial charge in [0.1, 0.15) is 17.2 Å². The highest BCUT2D eigenvalue weighted by Gasteiger charge is 2.43. The zero-order valence-corrected chi connectivity index (χ0v) is 21.9. The van der Waals surface area contributed by atoms with E-state index in [0.717, 1.165) is 46.3 Å². The number of anilines is 1. The predicted octanol–water partition coefficient (Wildman–Crippen LogP) is 5.35. The Labute approximate surface area is 218 Å². The number of carbonyl (C=O) groups excluding carboxylic acids is 1. The minimum absolute atomic E-state index is 0.257. The molecule has 0 radical (unpaired) electrons. The van der Waals surface area contributed by atoms with Gasteiger partial charge in [-0.25, -0.2) is 5.43 Å². The molecule has 192 valence electrons. The number of fused-ring (bicyclic) bond motifs is 1. The number of benzene rings is 3. The smallest absolute Gasteiger partial charge is 0.271 e. The van der Waals surface area contributed by atoms with Crippen LogP contribution in [0.2, 0.25) is 0 Å². The van der Waals surface area contributed by atoms with Gasteiger partial charge in [0.05, 0.1) is 21.3 Å². The summed E-state index contributed by atoms with van der Waals surface area (Å²) in [6.45, 7) is 5.10. The number of allylic oxidation sites excluding steroid dienone is 2. The summed E-state index contributed by atoms with van der Waals surface area (Å²) in [4.78, 5) is 14.7. The number of hydrogen-bond acceptors (Lipinski definition) is 6. The SMILES string of the molecule is CCN1/C(=C\C=N\NC(=O)c2ccccc2)C(C)(Cc2ccc(OC)cc2OC)c2cc(OC)ccc21. The average molecular weight is 500 g/mol. The first-order chi connectivity index (χ1) is 17.9. The lowest BCUT2D eigenvalue weighted by atomic mass is 9.76. The number of carbonyl (C=O) groups is 1. The first-order valence-electron chi connectivity index (χ1n) is 12.2. The van der Waals surface area contributed by atoms with E-state index in [0.29, 0.717) is 12.0 Å². The Balaban J connectivity index is 1.73. The third-order valence-electron chi connectivity index (χ3n) is 6.81. The highest BCUT2D eigenvalue weighted by molar-refractivity contribution is 5.94. The van der Waals surface area contributed by atoms with Crippen molar-refractivity contribution < 1.29 is 19.0 Å². The van der Waals surface area contributed by atoms with E-state index in [1.54, 1.807) is 39.7 Å². The van der Waals surface area contributed by atoms with Crippen LogP contribution < -0.4 is 24.5 Å². The van der Waals surface area contributed by atoms with Gasteiger partial charge in [-0.15, -0.1) is 0 Å². The van der Waals surface area contributed by atoms with Crippen molar-refractivity contribution >= 4 is 17.8 Å². The first kappa shape index (κ1) is 25.8. The molecule has 3 aromatic rings. The number of hydrogen-bond donors (Lipinski definition) is 1. The second-order valence-electron chi connectivity index (χ2n) is 8.95. The number of ether oxygens (including phenoxy) is 3. The Kier molecular flexibility index (Phi) is 7.82. The fourth-order valence-corrected chi connectivity index (χ4v) is 4.92. The van der Waals surface area contributed by atoms with Gasteiger partial charge in [0.25, 0.3) is 5.91 Å². The predicted molar refractivity (Wildman–Crippen MR) is 147 cm³/mol. The summed E-state index contributed by atoms with van der Waals surface area (Å²) in [5, 5.41) is 4.21. The van der Waals surface area contributed by atoms with E-state index in [1.807, 2.05) is 48.5 Å². The molecule has 0 spiro atoms. The summed E-state index contributed by atoms with van der Waals surface area (Å²) in [5.74, 6) is 2.05. The summed E-state index contributed by atoms with van der Waals surface area (Å²) in [6.07, 6.45) is 4.29. The van der Waals surface area contributed by atoms with Crippen LogP contribution in [0.5, 0.6) is 17.2 Å². The van der Waals surface area contributed by atoms with Crippen LogP contribution in [-0.4, -0.2) is 40.0 Å². The van der Waals surface area contributed by atoms with Gasteiger partial charge in [-0.3, -0.25) is 4.79 Å². The quantitative estimate of drug-likeness (QED) is 0.317. The Morgan fingerprint density at radius 2 is 1.68 bits per heavy atom. The summed E-state index contributed by atoms with van der Waals surface area (Å²) in [6, 6.07) is 21.1. The Hall–Kier alpha value is -4.26. The third-order valence-corrected chi connectivity index (χ3v) is 6.81. The molecule has 0 saturated carbocycles. The lowest BCUT2D eigenvalue weighted by molar-refractivity contribution is 0.0955. The molecule has 7 heteroatoms. The summed E-state index contributed by atoms with van der Waals surface area (Å²) in [5.41, 5.74) is 7.14. The monoisotopic (exact) mass is 499 g/mol. The van der Waals surface area contributed by atoms with Crippen LogP contribution in [0.1, 0.15) is 35.3 Å². The molecule has 37 heavy (non-hydrogen) atoms. The van der Waals surface area contributed by atoms with Crippen molar-refractivity contribution in [3.8, 4) is 17.2 Å². The highest BCUT2D eigenvalue weighted by Crippen LogP contribution is 2.51. The number of amides is 1. The maximum absolute atomic E-state index is 12.4. The molecule has 0 bridgehead atoms. The van der Waals surface area contributed by atoms with Gasteiger partial charge in [-0.2, -0.15) is 5.10 Å². The van der Waals surface area contributed by atoms with Crippen LogP contribution in [0.4, 0.5) is 5.69 Å². The maximum atomic E-state index is 12.4. The fourth-order valence-electron chi connectivity index (χ4n) is 4.92. The van der Waals surface area contributed by atoms with Crippen molar-refractivity contribution in [2.45, 2.75) is 25.7 Å². The molecule has 0 saturated heterocycles. The van der Waals surface area contributed by atoms with Gasteiger partial charge >= 0.3 is 0 Å². The van der Waals surface area contributed by atoms with Crippen LogP contribution in [0.3, 0.4) is 0 Å². The molecule has 1 atom stereocenters. The summed E-state index contributed by atoms with van der Waals surface area (Å²) in [7, 11) is 4.99. The molecule has 0 fully saturated rings. The molecule has 1 amide bonds. The summed E-state index contributed by atoms with van der Waals surface area (Å²) >= 11 is 0. The van der Waals surface area contributed by atoms with E-state index in [1.165, 1.54) is 0 Å². The minimum atomic E-state index is -0.419. The number of nitrogens with one attached hydrogen (secondary N) is 1. The lowest BCUT2D eigenvalue weighted by Crippen LogP contribution is -2.31. The Morgan fingerprint density at radius 3 is 2.35 bits per heavy atom. The van der Waals surface area contributed by atoms with Crippen molar-refractivity contribution in [3.05, 3.63) is 95.2 Å². The van der Waals surface area contributed by atoms with E-state index in [-0.39, 0.29) is 5.91 Å². The highest BCUT2D eigenvalue weighted by atomic mass is 16.5. The first-order valence-corrected chi connectivity index (χ1v) is 12.2. The normalized spacial score (nSPS) is 17.6. The van der Waals surface area contributed by atoms with Gasteiger partial charge in [0.15, 0.2) is 0 Å². The van der Waals surface area contributed by atoms with Crippen LogP contribution >= 0.6 is 0 Å². The molecule has 1 heterocycles. The number of likely N-dealkylation sites (N-methyl/N-ethyl adjacent to an activating group) is 1. The molecule has 1 aliphatic heterocycles. The van der Waals surface area contributed by atoms with Gasteiger partial charge in [0.2, 0.25) is 0 Å². The van der Waals surface area contributed by atoms with Gasteiger partial charge < -0.3 is 19.1 Å². The Morgan fingerprint density at radius 1 is 0.973 bits per heavy atom. The van der Waals surface area contributed by atoms with E-state index < -0.39 is 5.41 Å². The number of rotatable bonds is 9. The van der Waals surface area contributed by atoms with E-state index in [2.05, 4.69) is 41.4 Å². The van der Waals surface area contributed by atoms with Crippen molar-refractivity contribution in [3.63, 3.8) is 0 Å². The van der Waals surface area contributed by atoms with E-state index in [4.69, 9.17) is 14.2 Å². The second kappa shape index (κ2) is 11.2. The van der Waals surface area contributed by atoms with Gasteiger partial charge in [-0.1, -0.05) is 24.3 Å². The minimum Gasteiger partial charge on any atom is -0.497 e. The van der Waals surface area contributed by atoms with Crippen molar-refractivity contribution in [1.29, 1.82) is 0 Å². The fraction of sp³-hybridized carbons (Fsp3) is 0.267.